The topological polar surface area (TPSA) is 77.8 Å². The lowest BCUT2D eigenvalue weighted by Crippen LogP contribution is -2.10. The first-order valence-corrected chi connectivity index (χ1v) is 5.83. The molecular formula is C14H17NO5. The number of methoxy groups -OCH3 is 4. The molecule has 0 bridgehead atoms. The molecule has 0 amide bonds. The van der Waals surface area contributed by atoms with Gasteiger partial charge >= 0.3 is 5.97 Å². The van der Waals surface area contributed by atoms with Crippen molar-refractivity contribution < 1.29 is 23.7 Å². The number of hydrogen-bond acceptors (Lipinski definition) is 6. The van der Waals surface area contributed by atoms with E-state index in [0.717, 1.165) is 0 Å². The minimum Gasteiger partial charge on any atom is -0.496 e. The van der Waals surface area contributed by atoms with Crippen LogP contribution < -0.4 is 14.2 Å². The van der Waals surface area contributed by atoms with Crippen LogP contribution in [0.2, 0.25) is 0 Å². The summed E-state index contributed by atoms with van der Waals surface area (Å²) in [7, 11) is 5.67. The van der Waals surface area contributed by atoms with Crippen molar-refractivity contribution in [2.45, 2.75) is 13.3 Å². The molecule has 0 aliphatic rings. The van der Waals surface area contributed by atoms with Crippen molar-refractivity contribution in [1.82, 2.24) is 0 Å². The van der Waals surface area contributed by atoms with Crippen molar-refractivity contribution in [2.75, 3.05) is 28.4 Å². The second kappa shape index (κ2) is 6.66. The largest absolute Gasteiger partial charge is 0.496 e. The fraction of sp³-hybridized carbons (Fsp3) is 0.429. The predicted octanol–water partition coefficient (Wildman–Crippen LogP) is 1.61. The zero-order valence-corrected chi connectivity index (χ0v) is 12.2. The Morgan fingerprint density at radius 1 is 1.05 bits per heavy atom. The lowest BCUT2D eigenvalue weighted by atomic mass is 9.98. The van der Waals surface area contributed by atoms with Gasteiger partial charge in [0.25, 0.3) is 0 Å². The highest BCUT2D eigenvalue weighted by Crippen LogP contribution is 2.43. The van der Waals surface area contributed by atoms with Gasteiger partial charge < -0.3 is 18.9 Å². The van der Waals surface area contributed by atoms with Crippen LogP contribution in [0.1, 0.15) is 16.7 Å². The number of hydrogen-bond donors (Lipinski definition) is 0. The molecule has 0 aromatic heterocycles. The van der Waals surface area contributed by atoms with E-state index in [-0.39, 0.29) is 17.7 Å². The van der Waals surface area contributed by atoms with E-state index in [0.29, 0.717) is 22.6 Å². The number of rotatable bonds is 5. The summed E-state index contributed by atoms with van der Waals surface area (Å²) >= 11 is 0. The van der Waals surface area contributed by atoms with Crippen LogP contribution in [-0.4, -0.2) is 34.4 Å². The van der Waals surface area contributed by atoms with Gasteiger partial charge in [-0.25, -0.2) is 0 Å². The highest BCUT2D eigenvalue weighted by Gasteiger charge is 2.25. The molecule has 0 heterocycles. The first-order chi connectivity index (χ1) is 9.55. The van der Waals surface area contributed by atoms with E-state index in [2.05, 4.69) is 4.74 Å². The second-order valence-electron chi connectivity index (χ2n) is 3.94. The maximum absolute atomic E-state index is 11.5. The molecule has 0 spiro atoms. The Kier molecular flexibility index (Phi) is 5.21. The number of nitrogens with zero attached hydrogens (tertiary/aromatic N) is 1. The van der Waals surface area contributed by atoms with Gasteiger partial charge in [0.15, 0.2) is 11.5 Å². The van der Waals surface area contributed by atoms with E-state index in [9.17, 15) is 10.1 Å². The number of nitriles is 1. The molecule has 0 saturated heterocycles. The van der Waals surface area contributed by atoms with Crippen molar-refractivity contribution in [2.24, 2.45) is 0 Å². The van der Waals surface area contributed by atoms with E-state index in [1.165, 1.54) is 28.4 Å². The Morgan fingerprint density at radius 3 is 2.00 bits per heavy atom. The quantitative estimate of drug-likeness (QED) is 0.762. The van der Waals surface area contributed by atoms with E-state index in [4.69, 9.17) is 14.2 Å². The number of esters is 1. The van der Waals surface area contributed by atoms with Crippen LogP contribution in [0, 0.1) is 18.3 Å². The van der Waals surface area contributed by atoms with Crippen molar-refractivity contribution in [1.29, 1.82) is 5.26 Å². The van der Waals surface area contributed by atoms with Crippen LogP contribution in [-0.2, 0) is 16.0 Å². The van der Waals surface area contributed by atoms with Crippen LogP contribution in [0.25, 0.3) is 0 Å². The molecule has 108 valence electrons. The van der Waals surface area contributed by atoms with E-state index in [1.807, 2.05) is 6.07 Å². The number of carbonyl (C=O) groups is 1. The Morgan fingerprint density at radius 2 is 1.60 bits per heavy atom. The van der Waals surface area contributed by atoms with Gasteiger partial charge in [0.1, 0.15) is 17.4 Å². The summed E-state index contributed by atoms with van der Waals surface area (Å²) in [5.74, 6) is 0.651. The molecule has 1 aromatic carbocycles. The summed E-state index contributed by atoms with van der Waals surface area (Å²) in [5, 5.41) is 9.35. The average Bonchev–Trinajstić information content (AvgIpc) is 2.46. The third kappa shape index (κ3) is 2.62. The minimum atomic E-state index is -0.466. The van der Waals surface area contributed by atoms with E-state index in [1.54, 1.807) is 6.92 Å². The van der Waals surface area contributed by atoms with Crippen LogP contribution in [0.3, 0.4) is 0 Å². The van der Waals surface area contributed by atoms with Gasteiger partial charge in [0, 0.05) is 11.1 Å². The van der Waals surface area contributed by atoms with Crippen LogP contribution in [0.5, 0.6) is 17.2 Å². The molecule has 0 aliphatic heterocycles. The minimum absolute atomic E-state index is 0.0796. The van der Waals surface area contributed by atoms with Gasteiger partial charge in [0.05, 0.1) is 34.9 Å². The molecule has 0 radical (unpaired) electrons. The fourth-order valence-electron chi connectivity index (χ4n) is 2.08. The van der Waals surface area contributed by atoms with Crippen LogP contribution in [0.15, 0.2) is 0 Å². The van der Waals surface area contributed by atoms with Gasteiger partial charge in [0.2, 0.25) is 0 Å². The average molecular weight is 279 g/mol. The van der Waals surface area contributed by atoms with Crippen molar-refractivity contribution in [3.63, 3.8) is 0 Å². The Labute approximate surface area is 117 Å². The highest BCUT2D eigenvalue weighted by atomic mass is 16.5. The van der Waals surface area contributed by atoms with Gasteiger partial charge in [-0.15, -0.1) is 0 Å². The Bertz CT molecular complexity index is 560. The van der Waals surface area contributed by atoms with E-state index >= 15 is 0 Å². The molecule has 1 aromatic rings. The van der Waals surface area contributed by atoms with Crippen molar-refractivity contribution >= 4 is 5.97 Å². The summed E-state index contributed by atoms with van der Waals surface area (Å²) in [6.45, 7) is 1.77. The Balaban J connectivity index is 3.67. The third-order valence-electron chi connectivity index (χ3n) is 2.96. The number of benzene rings is 1. The summed E-state index contributed by atoms with van der Waals surface area (Å²) in [6.07, 6.45) is -0.0796. The van der Waals surface area contributed by atoms with Crippen molar-refractivity contribution in [3.8, 4) is 23.3 Å². The molecule has 20 heavy (non-hydrogen) atoms. The normalized spacial score (nSPS) is 9.60. The fourth-order valence-corrected chi connectivity index (χ4v) is 2.08. The lowest BCUT2D eigenvalue weighted by molar-refractivity contribution is -0.139. The van der Waals surface area contributed by atoms with E-state index < -0.39 is 5.97 Å². The van der Waals surface area contributed by atoms with Crippen LogP contribution >= 0.6 is 0 Å². The summed E-state index contributed by atoms with van der Waals surface area (Å²) in [6, 6.07) is 2.03. The zero-order chi connectivity index (χ0) is 15.3. The lowest BCUT2D eigenvalue weighted by Gasteiger charge is -2.19. The predicted molar refractivity (Wildman–Crippen MR) is 71.3 cm³/mol. The molecule has 0 fully saturated rings. The smallest absolute Gasteiger partial charge is 0.310 e. The van der Waals surface area contributed by atoms with Crippen molar-refractivity contribution in [3.05, 3.63) is 16.7 Å². The first kappa shape index (κ1) is 15.6. The highest BCUT2D eigenvalue weighted by molar-refractivity contribution is 5.78. The summed E-state index contributed by atoms with van der Waals surface area (Å²) < 4.78 is 20.5. The van der Waals surface area contributed by atoms with Gasteiger partial charge in [-0.1, -0.05) is 0 Å². The van der Waals surface area contributed by atoms with Gasteiger partial charge in [-0.2, -0.15) is 5.26 Å². The summed E-state index contributed by atoms with van der Waals surface area (Å²) in [4.78, 5) is 11.5. The standard InChI is InChI=1S/C14H17NO5/c1-8-12(18-3)9(6-11(16)17-2)10(7-15)14(20-5)13(8)19-4/h6H2,1-5H3. The monoisotopic (exact) mass is 279 g/mol. The number of ether oxygens (including phenoxy) is 4. The maximum atomic E-state index is 11.5. The Hall–Kier alpha value is -2.42. The third-order valence-corrected chi connectivity index (χ3v) is 2.96. The molecule has 6 heteroatoms. The SMILES string of the molecule is COC(=O)Cc1c(C#N)c(OC)c(OC)c(C)c1OC. The van der Waals surface area contributed by atoms with Gasteiger partial charge in [-0.05, 0) is 6.92 Å². The number of carbonyl (C=O) groups excluding carboxylic acids is 1. The van der Waals surface area contributed by atoms with Crippen LogP contribution in [0.4, 0.5) is 0 Å². The molecule has 1 rings (SSSR count). The molecule has 0 aliphatic carbocycles. The zero-order valence-electron chi connectivity index (χ0n) is 12.2. The van der Waals surface area contributed by atoms with Gasteiger partial charge in [-0.3, -0.25) is 4.79 Å². The molecule has 0 N–H and O–H groups in total. The maximum Gasteiger partial charge on any atom is 0.310 e. The first-order valence-electron chi connectivity index (χ1n) is 5.83. The summed E-state index contributed by atoms with van der Waals surface area (Å²) in [5.41, 5.74) is 1.29. The molecule has 0 saturated carbocycles. The second-order valence-corrected chi connectivity index (χ2v) is 3.94. The molecular weight excluding hydrogens is 262 g/mol. The molecule has 6 nitrogen and oxygen atoms in total. The molecule has 0 atom stereocenters. The molecule has 0 unspecified atom stereocenters.